The molecule has 0 aliphatic heterocycles. The minimum Gasteiger partial charge on any atom is -0.307 e. The van der Waals surface area contributed by atoms with Crippen molar-refractivity contribution < 1.29 is 18.0 Å². The Bertz CT molecular complexity index is 1050. The number of fused-ring (bicyclic) bond motifs is 1. The Morgan fingerprint density at radius 2 is 1.79 bits per heavy atom. The second kappa shape index (κ2) is 7.35. The number of carbonyl (C=O) groups is 1. The number of carbonyl (C=O) groups excluding carboxylic acids is 1. The van der Waals surface area contributed by atoms with E-state index in [9.17, 15) is 18.0 Å². The fourth-order valence-corrected chi connectivity index (χ4v) is 3.60. The molecule has 29 heavy (non-hydrogen) atoms. The number of pyridine rings is 1. The third-order valence-corrected chi connectivity index (χ3v) is 4.95. The summed E-state index contributed by atoms with van der Waals surface area (Å²) in [5.41, 5.74) is 1.75. The number of benzene rings is 1. The zero-order valence-electron chi connectivity index (χ0n) is 15.8. The summed E-state index contributed by atoms with van der Waals surface area (Å²) in [4.78, 5) is 16.6. The molecule has 0 spiro atoms. The second-order valence-electron chi connectivity index (χ2n) is 7.06. The minimum atomic E-state index is -4.48. The van der Waals surface area contributed by atoms with Gasteiger partial charge in [0.15, 0.2) is 5.69 Å². The molecule has 0 saturated carbocycles. The predicted octanol–water partition coefficient (Wildman–Crippen LogP) is 4.73. The van der Waals surface area contributed by atoms with Gasteiger partial charge in [0, 0.05) is 22.5 Å². The number of halogens is 3. The van der Waals surface area contributed by atoms with E-state index in [1.54, 1.807) is 36.4 Å². The molecule has 1 amide bonds. The molecule has 1 aliphatic rings. The number of rotatable bonds is 3. The molecule has 8 heteroatoms. The number of nitrogens with zero attached hydrogens (tertiary/aromatic N) is 3. The van der Waals surface area contributed by atoms with Crippen molar-refractivity contribution >= 4 is 11.7 Å². The van der Waals surface area contributed by atoms with Crippen LogP contribution in [-0.2, 0) is 19.0 Å². The molecule has 1 N–H and O–H groups in total. The summed E-state index contributed by atoms with van der Waals surface area (Å²) in [6, 6.07) is 11.7. The first kappa shape index (κ1) is 19.2. The summed E-state index contributed by atoms with van der Waals surface area (Å²) in [7, 11) is 0. The summed E-state index contributed by atoms with van der Waals surface area (Å²) >= 11 is 0. The first-order valence-corrected chi connectivity index (χ1v) is 9.36. The lowest BCUT2D eigenvalue weighted by atomic mass is 9.95. The van der Waals surface area contributed by atoms with Gasteiger partial charge in [0.25, 0.3) is 5.91 Å². The van der Waals surface area contributed by atoms with Gasteiger partial charge in [0.1, 0.15) is 5.82 Å². The van der Waals surface area contributed by atoms with Gasteiger partial charge < -0.3 is 5.32 Å². The molecule has 4 rings (SSSR count). The fourth-order valence-electron chi connectivity index (χ4n) is 3.60. The molecule has 3 aromatic rings. The Hall–Kier alpha value is -3.16. The molecule has 1 aliphatic carbocycles. The SMILES string of the molecule is Cc1cccc(NC(=O)c2ccc(-n3nc(C(F)(F)F)c4c3CCCC4)cc2)n1. The molecule has 0 bridgehead atoms. The number of aryl methyl sites for hydroxylation is 1. The van der Waals surface area contributed by atoms with Crippen molar-refractivity contribution in [3.8, 4) is 5.69 Å². The van der Waals surface area contributed by atoms with E-state index in [0.717, 1.165) is 18.5 Å². The van der Waals surface area contributed by atoms with Crippen LogP contribution in [0.25, 0.3) is 5.69 Å². The van der Waals surface area contributed by atoms with Crippen molar-refractivity contribution in [1.82, 2.24) is 14.8 Å². The van der Waals surface area contributed by atoms with Gasteiger partial charge in [-0.3, -0.25) is 4.79 Å². The van der Waals surface area contributed by atoms with E-state index in [4.69, 9.17) is 0 Å². The van der Waals surface area contributed by atoms with Gasteiger partial charge in [-0.25, -0.2) is 9.67 Å². The Balaban J connectivity index is 1.61. The Labute approximate surface area is 165 Å². The van der Waals surface area contributed by atoms with E-state index < -0.39 is 11.9 Å². The molecule has 1 aromatic carbocycles. The lowest BCUT2D eigenvalue weighted by molar-refractivity contribution is -0.142. The van der Waals surface area contributed by atoms with Crippen LogP contribution in [0, 0.1) is 6.92 Å². The zero-order valence-corrected chi connectivity index (χ0v) is 15.8. The Morgan fingerprint density at radius 1 is 1.07 bits per heavy atom. The number of amides is 1. The third-order valence-electron chi connectivity index (χ3n) is 4.95. The summed E-state index contributed by atoms with van der Waals surface area (Å²) in [5, 5.41) is 6.58. The van der Waals surface area contributed by atoms with Crippen LogP contribution in [0.3, 0.4) is 0 Å². The van der Waals surface area contributed by atoms with E-state index in [1.807, 2.05) is 13.0 Å². The standard InChI is InChI=1S/C21H19F3N4O/c1-13-5-4-8-18(25-13)26-20(29)14-9-11-15(12-10-14)28-17-7-3-2-6-16(17)19(27-28)21(22,23)24/h4-5,8-12H,2-3,6-7H2,1H3,(H,25,26,29). The van der Waals surface area contributed by atoms with Crippen LogP contribution in [-0.4, -0.2) is 20.7 Å². The van der Waals surface area contributed by atoms with Crippen molar-refractivity contribution in [3.05, 3.63) is 70.7 Å². The van der Waals surface area contributed by atoms with Gasteiger partial charge in [-0.15, -0.1) is 0 Å². The van der Waals surface area contributed by atoms with Crippen LogP contribution in [0.15, 0.2) is 42.5 Å². The molecular formula is C21H19F3N4O. The number of hydrogen-bond donors (Lipinski definition) is 1. The highest BCUT2D eigenvalue weighted by Crippen LogP contribution is 2.36. The molecule has 0 atom stereocenters. The van der Waals surface area contributed by atoms with Gasteiger partial charge >= 0.3 is 6.18 Å². The van der Waals surface area contributed by atoms with Crippen LogP contribution >= 0.6 is 0 Å². The van der Waals surface area contributed by atoms with Gasteiger partial charge in [0.05, 0.1) is 5.69 Å². The molecular weight excluding hydrogens is 381 g/mol. The lowest BCUT2D eigenvalue weighted by Crippen LogP contribution is -2.13. The first-order chi connectivity index (χ1) is 13.8. The summed E-state index contributed by atoms with van der Waals surface area (Å²) in [6.07, 6.45) is -1.98. The highest BCUT2D eigenvalue weighted by molar-refractivity contribution is 6.03. The molecule has 0 unspecified atom stereocenters. The van der Waals surface area contributed by atoms with E-state index in [2.05, 4.69) is 15.4 Å². The molecule has 2 heterocycles. The zero-order chi connectivity index (χ0) is 20.6. The predicted molar refractivity (Wildman–Crippen MR) is 102 cm³/mol. The van der Waals surface area contributed by atoms with Crippen LogP contribution in [0.4, 0.5) is 19.0 Å². The smallest absolute Gasteiger partial charge is 0.307 e. The Morgan fingerprint density at radius 3 is 2.48 bits per heavy atom. The van der Waals surface area contributed by atoms with Crippen LogP contribution in [0.1, 0.15) is 45.8 Å². The van der Waals surface area contributed by atoms with Crippen molar-refractivity contribution in [2.75, 3.05) is 5.32 Å². The van der Waals surface area contributed by atoms with Gasteiger partial charge in [-0.05, 0) is 69.0 Å². The average molecular weight is 400 g/mol. The summed E-state index contributed by atoms with van der Waals surface area (Å²) in [5.74, 6) is 0.100. The van der Waals surface area contributed by atoms with E-state index in [1.165, 1.54) is 4.68 Å². The molecule has 5 nitrogen and oxygen atoms in total. The maximum Gasteiger partial charge on any atom is 0.435 e. The van der Waals surface area contributed by atoms with E-state index >= 15 is 0 Å². The number of hydrogen-bond acceptors (Lipinski definition) is 3. The quantitative estimate of drug-likeness (QED) is 0.692. The second-order valence-corrected chi connectivity index (χ2v) is 7.06. The number of alkyl halides is 3. The van der Waals surface area contributed by atoms with Crippen LogP contribution in [0.2, 0.25) is 0 Å². The first-order valence-electron chi connectivity index (χ1n) is 9.36. The fraction of sp³-hybridized carbons (Fsp3) is 0.286. The summed E-state index contributed by atoms with van der Waals surface area (Å²) in [6.45, 7) is 1.82. The topological polar surface area (TPSA) is 59.8 Å². The molecule has 2 aromatic heterocycles. The van der Waals surface area contributed by atoms with E-state index in [0.29, 0.717) is 35.6 Å². The lowest BCUT2D eigenvalue weighted by Gasteiger charge is -2.15. The molecule has 150 valence electrons. The molecule has 0 radical (unpaired) electrons. The van der Waals surface area contributed by atoms with Crippen molar-refractivity contribution in [1.29, 1.82) is 0 Å². The number of aromatic nitrogens is 3. The highest BCUT2D eigenvalue weighted by atomic mass is 19.4. The van der Waals surface area contributed by atoms with Gasteiger partial charge in [-0.2, -0.15) is 18.3 Å². The largest absolute Gasteiger partial charge is 0.435 e. The molecule has 0 saturated heterocycles. The van der Waals surface area contributed by atoms with Crippen LogP contribution < -0.4 is 5.32 Å². The maximum absolute atomic E-state index is 13.4. The number of nitrogens with one attached hydrogen (secondary N) is 1. The maximum atomic E-state index is 13.4. The van der Waals surface area contributed by atoms with Gasteiger partial charge in [-0.1, -0.05) is 6.07 Å². The highest BCUT2D eigenvalue weighted by Gasteiger charge is 2.39. The third kappa shape index (κ3) is 3.87. The van der Waals surface area contributed by atoms with Gasteiger partial charge in [0.2, 0.25) is 0 Å². The summed E-state index contributed by atoms with van der Waals surface area (Å²) < 4.78 is 41.5. The normalized spacial score (nSPS) is 13.8. The van der Waals surface area contributed by atoms with Crippen molar-refractivity contribution in [2.45, 2.75) is 38.8 Å². The van der Waals surface area contributed by atoms with E-state index in [-0.39, 0.29) is 11.5 Å². The minimum absolute atomic E-state index is 0.288. The Kier molecular flexibility index (Phi) is 4.86. The molecule has 0 fully saturated rings. The number of anilines is 1. The average Bonchev–Trinajstić information content (AvgIpc) is 3.08. The van der Waals surface area contributed by atoms with Crippen molar-refractivity contribution in [2.24, 2.45) is 0 Å². The van der Waals surface area contributed by atoms with Crippen LogP contribution in [0.5, 0.6) is 0 Å². The van der Waals surface area contributed by atoms with Crippen molar-refractivity contribution in [3.63, 3.8) is 0 Å². The monoisotopic (exact) mass is 400 g/mol.